The standard InChI is InChI=1S/C14H25N3O2/c1-10-8-11(9-10)16-13(18)14(12(15)17-19)6-4-2-3-5-7-14/h10-11,19H,2-9H2,1H3,(H2,15,17)(H,16,18). The van der Waals surface area contributed by atoms with E-state index in [2.05, 4.69) is 17.4 Å². The van der Waals surface area contributed by atoms with Gasteiger partial charge in [0.05, 0.1) is 0 Å². The topological polar surface area (TPSA) is 87.7 Å². The van der Waals surface area contributed by atoms with Crippen LogP contribution >= 0.6 is 0 Å². The van der Waals surface area contributed by atoms with Crippen LogP contribution in [0.15, 0.2) is 5.16 Å². The minimum absolute atomic E-state index is 0.0402. The number of nitrogens with one attached hydrogen (secondary N) is 1. The molecule has 5 nitrogen and oxygen atoms in total. The van der Waals surface area contributed by atoms with Crippen LogP contribution in [0.25, 0.3) is 0 Å². The van der Waals surface area contributed by atoms with Crippen molar-refractivity contribution >= 4 is 11.7 Å². The highest BCUT2D eigenvalue weighted by Crippen LogP contribution is 2.37. The Bertz CT molecular complexity index is 354. The van der Waals surface area contributed by atoms with Crippen LogP contribution in [0.3, 0.4) is 0 Å². The van der Waals surface area contributed by atoms with Gasteiger partial charge in [-0.1, -0.05) is 37.8 Å². The first-order valence-corrected chi connectivity index (χ1v) is 7.37. The van der Waals surface area contributed by atoms with Gasteiger partial charge in [-0.05, 0) is 31.6 Å². The maximum Gasteiger partial charge on any atom is 0.234 e. The van der Waals surface area contributed by atoms with E-state index in [1.807, 2.05) is 0 Å². The summed E-state index contributed by atoms with van der Waals surface area (Å²) >= 11 is 0. The van der Waals surface area contributed by atoms with Crippen molar-refractivity contribution in [2.45, 2.75) is 64.3 Å². The number of rotatable bonds is 3. The molecule has 0 spiro atoms. The molecule has 0 aromatic heterocycles. The summed E-state index contributed by atoms with van der Waals surface area (Å²) in [6.07, 6.45) is 7.63. The number of hydrogen-bond donors (Lipinski definition) is 3. The highest BCUT2D eigenvalue weighted by Gasteiger charge is 2.44. The van der Waals surface area contributed by atoms with Crippen molar-refractivity contribution in [1.29, 1.82) is 0 Å². The predicted molar refractivity (Wildman–Crippen MR) is 73.9 cm³/mol. The molecule has 19 heavy (non-hydrogen) atoms. The Morgan fingerprint density at radius 2 is 1.84 bits per heavy atom. The molecule has 0 bridgehead atoms. The Kier molecular flexibility index (Phi) is 4.32. The Morgan fingerprint density at radius 3 is 2.32 bits per heavy atom. The minimum Gasteiger partial charge on any atom is -0.409 e. The van der Waals surface area contributed by atoms with Gasteiger partial charge >= 0.3 is 0 Å². The molecule has 0 aliphatic heterocycles. The Hall–Kier alpha value is -1.26. The molecule has 0 heterocycles. The molecule has 2 rings (SSSR count). The average Bonchev–Trinajstić information content (AvgIpc) is 2.62. The summed E-state index contributed by atoms with van der Waals surface area (Å²) < 4.78 is 0. The van der Waals surface area contributed by atoms with Crippen LogP contribution in [0, 0.1) is 11.3 Å². The van der Waals surface area contributed by atoms with E-state index in [0.717, 1.165) is 38.5 Å². The minimum atomic E-state index is -0.788. The van der Waals surface area contributed by atoms with Gasteiger partial charge in [0, 0.05) is 6.04 Å². The van der Waals surface area contributed by atoms with Crippen LogP contribution in [-0.4, -0.2) is 23.0 Å². The average molecular weight is 267 g/mol. The van der Waals surface area contributed by atoms with Gasteiger partial charge in [0.2, 0.25) is 5.91 Å². The maximum absolute atomic E-state index is 12.6. The lowest BCUT2D eigenvalue weighted by Crippen LogP contribution is -2.54. The zero-order valence-corrected chi connectivity index (χ0v) is 11.7. The summed E-state index contributed by atoms with van der Waals surface area (Å²) in [5.74, 6) is 0.736. The molecule has 0 unspecified atom stereocenters. The van der Waals surface area contributed by atoms with Crippen molar-refractivity contribution in [3.8, 4) is 0 Å². The molecule has 2 saturated carbocycles. The van der Waals surface area contributed by atoms with Crippen molar-refractivity contribution < 1.29 is 10.0 Å². The first-order valence-electron chi connectivity index (χ1n) is 7.37. The molecule has 0 saturated heterocycles. The van der Waals surface area contributed by atoms with Crippen LogP contribution in [0.4, 0.5) is 0 Å². The number of oxime groups is 1. The Labute approximate surface area is 114 Å². The third-order valence-corrected chi connectivity index (χ3v) is 4.70. The number of carbonyl (C=O) groups excluding carboxylic acids is 1. The van der Waals surface area contributed by atoms with E-state index >= 15 is 0 Å². The molecule has 2 aliphatic carbocycles. The number of carbonyl (C=O) groups is 1. The summed E-state index contributed by atoms with van der Waals surface area (Å²) in [6, 6.07) is 0.272. The first-order chi connectivity index (χ1) is 9.08. The van der Waals surface area contributed by atoms with Crippen molar-refractivity contribution in [3.63, 3.8) is 0 Å². The van der Waals surface area contributed by atoms with Crippen molar-refractivity contribution in [3.05, 3.63) is 0 Å². The van der Waals surface area contributed by atoms with E-state index in [-0.39, 0.29) is 17.8 Å². The molecule has 0 radical (unpaired) electrons. The van der Waals surface area contributed by atoms with Gasteiger partial charge in [-0.3, -0.25) is 4.79 Å². The summed E-state index contributed by atoms with van der Waals surface area (Å²) in [4.78, 5) is 12.6. The van der Waals surface area contributed by atoms with Gasteiger partial charge in [-0.15, -0.1) is 0 Å². The highest BCUT2D eigenvalue weighted by atomic mass is 16.4. The van der Waals surface area contributed by atoms with Gasteiger partial charge in [0.1, 0.15) is 5.41 Å². The second-order valence-electron chi connectivity index (χ2n) is 6.23. The Morgan fingerprint density at radius 1 is 1.26 bits per heavy atom. The number of amidine groups is 1. The first kappa shape index (κ1) is 14.2. The third-order valence-electron chi connectivity index (χ3n) is 4.70. The molecular weight excluding hydrogens is 242 g/mol. The van der Waals surface area contributed by atoms with Crippen LogP contribution in [0.5, 0.6) is 0 Å². The van der Waals surface area contributed by atoms with Crippen LogP contribution in [0.1, 0.15) is 58.3 Å². The highest BCUT2D eigenvalue weighted by molar-refractivity contribution is 6.06. The number of nitrogens with two attached hydrogens (primary N) is 1. The maximum atomic E-state index is 12.6. The summed E-state index contributed by atoms with van der Waals surface area (Å²) in [7, 11) is 0. The van der Waals surface area contributed by atoms with Crippen LogP contribution < -0.4 is 11.1 Å². The quantitative estimate of drug-likeness (QED) is 0.240. The van der Waals surface area contributed by atoms with E-state index in [0.29, 0.717) is 18.8 Å². The molecule has 2 aliphatic rings. The van der Waals surface area contributed by atoms with Gasteiger partial charge in [0.15, 0.2) is 5.84 Å². The monoisotopic (exact) mass is 267 g/mol. The zero-order chi connectivity index (χ0) is 13.9. The molecule has 1 amide bonds. The normalized spacial score (nSPS) is 31.1. The fourth-order valence-electron chi connectivity index (χ4n) is 3.37. The second kappa shape index (κ2) is 5.80. The van der Waals surface area contributed by atoms with E-state index in [9.17, 15) is 4.79 Å². The van der Waals surface area contributed by atoms with Gasteiger partial charge in [-0.25, -0.2) is 0 Å². The summed E-state index contributed by atoms with van der Waals surface area (Å²) in [5.41, 5.74) is 5.07. The molecule has 2 fully saturated rings. The van der Waals surface area contributed by atoms with Gasteiger partial charge in [0.25, 0.3) is 0 Å². The molecule has 108 valence electrons. The van der Waals surface area contributed by atoms with E-state index in [4.69, 9.17) is 10.9 Å². The van der Waals surface area contributed by atoms with Crippen molar-refractivity contribution in [2.75, 3.05) is 0 Å². The summed E-state index contributed by atoms with van der Waals surface area (Å²) in [6.45, 7) is 2.19. The number of nitrogens with zero attached hydrogens (tertiary/aromatic N) is 1. The van der Waals surface area contributed by atoms with E-state index < -0.39 is 5.41 Å². The van der Waals surface area contributed by atoms with Crippen molar-refractivity contribution in [1.82, 2.24) is 5.32 Å². The lowest BCUT2D eigenvalue weighted by atomic mass is 9.76. The molecule has 5 heteroatoms. The molecule has 0 aromatic rings. The predicted octanol–water partition coefficient (Wildman–Crippen LogP) is 1.99. The summed E-state index contributed by atoms with van der Waals surface area (Å²) in [5, 5.41) is 15.3. The van der Waals surface area contributed by atoms with Gasteiger partial charge < -0.3 is 16.3 Å². The van der Waals surface area contributed by atoms with E-state index in [1.165, 1.54) is 0 Å². The number of hydrogen-bond acceptors (Lipinski definition) is 3. The molecule has 0 atom stereocenters. The molecule has 4 N–H and O–H groups in total. The van der Waals surface area contributed by atoms with Gasteiger partial charge in [-0.2, -0.15) is 0 Å². The number of amides is 1. The van der Waals surface area contributed by atoms with E-state index in [1.54, 1.807) is 0 Å². The third kappa shape index (κ3) is 2.85. The zero-order valence-electron chi connectivity index (χ0n) is 11.7. The lowest BCUT2D eigenvalue weighted by molar-refractivity contribution is -0.129. The molecule has 0 aromatic carbocycles. The smallest absolute Gasteiger partial charge is 0.234 e. The fourth-order valence-corrected chi connectivity index (χ4v) is 3.37. The van der Waals surface area contributed by atoms with Crippen molar-refractivity contribution in [2.24, 2.45) is 22.2 Å². The van der Waals surface area contributed by atoms with Crippen LogP contribution in [-0.2, 0) is 4.79 Å². The second-order valence-corrected chi connectivity index (χ2v) is 6.23. The lowest BCUT2D eigenvalue weighted by Gasteiger charge is -2.37. The fraction of sp³-hybridized carbons (Fsp3) is 0.857. The van der Waals surface area contributed by atoms with Crippen LogP contribution in [0.2, 0.25) is 0 Å². The SMILES string of the molecule is CC1CC(NC(=O)C2(C(N)=NO)CCCCCC2)C1. The largest absolute Gasteiger partial charge is 0.409 e. The Balaban J connectivity index is 2.09. The molecular formula is C14H25N3O2.